The van der Waals surface area contributed by atoms with Crippen LogP contribution in [0.5, 0.6) is 11.5 Å². The molecule has 8 heteroatoms. The van der Waals surface area contributed by atoms with E-state index in [1.165, 1.54) is 12.7 Å². The van der Waals surface area contributed by atoms with Crippen LogP contribution in [0.3, 0.4) is 0 Å². The van der Waals surface area contributed by atoms with E-state index in [0.29, 0.717) is 28.1 Å². The van der Waals surface area contributed by atoms with Gasteiger partial charge in [-0.15, -0.1) is 0 Å². The number of allylic oxidation sites excluding steroid dienone is 2. The van der Waals surface area contributed by atoms with Crippen molar-refractivity contribution in [1.29, 1.82) is 5.26 Å². The predicted octanol–water partition coefficient (Wildman–Crippen LogP) is 4.99. The molecule has 1 unspecified atom stereocenters. The fourth-order valence-corrected chi connectivity index (χ4v) is 4.11. The molecule has 1 heterocycles. The van der Waals surface area contributed by atoms with Gasteiger partial charge in [0.25, 0.3) is 0 Å². The molecule has 1 aliphatic rings. The monoisotopic (exact) mass is 512 g/mol. The second-order valence-electron chi connectivity index (χ2n) is 7.41. The third-order valence-electron chi connectivity index (χ3n) is 5.21. The summed E-state index contributed by atoms with van der Waals surface area (Å²) >= 11 is 3.57. The van der Waals surface area contributed by atoms with E-state index < -0.39 is 11.9 Å². The van der Waals surface area contributed by atoms with Crippen molar-refractivity contribution in [3.8, 4) is 17.6 Å². The van der Waals surface area contributed by atoms with Gasteiger partial charge < -0.3 is 24.7 Å². The van der Waals surface area contributed by atoms with Crippen LogP contribution in [0.25, 0.3) is 0 Å². The van der Waals surface area contributed by atoms with Crippen molar-refractivity contribution in [3.63, 3.8) is 0 Å². The van der Waals surface area contributed by atoms with E-state index in [1.54, 1.807) is 26.0 Å². The zero-order valence-electron chi connectivity index (χ0n) is 18.9. The van der Waals surface area contributed by atoms with E-state index in [-0.39, 0.29) is 29.4 Å². The number of hydrogen-bond donors (Lipinski definition) is 1. The van der Waals surface area contributed by atoms with Crippen LogP contribution in [0.4, 0.5) is 0 Å². The van der Waals surface area contributed by atoms with E-state index in [9.17, 15) is 10.1 Å². The quantitative estimate of drug-likeness (QED) is 0.521. The van der Waals surface area contributed by atoms with Crippen molar-refractivity contribution in [2.24, 2.45) is 5.73 Å². The van der Waals surface area contributed by atoms with Crippen LogP contribution >= 0.6 is 15.9 Å². The van der Waals surface area contributed by atoms with Gasteiger partial charge in [0, 0.05) is 4.47 Å². The molecule has 7 nitrogen and oxygen atoms in total. The zero-order valence-corrected chi connectivity index (χ0v) is 20.5. The lowest BCUT2D eigenvalue weighted by Gasteiger charge is -2.28. The Balaban J connectivity index is 2.04. The van der Waals surface area contributed by atoms with Crippen LogP contribution in [0.1, 0.15) is 36.5 Å². The number of carbonyl (C=O) groups is 1. The molecular formula is C25H25BrN2O5. The number of rotatable bonds is 7. The molecule has 0 saturated carbocycles. The van der Waals surface area contributed by atoms with Crippen molar-refractivity contribution in [2.45, 2.75) is 33.3 Å². The average Bonchev–Trinajstić information content (AvgIpc) is 2.78. The molecule has 0 saturated heterocycles. The Morgan fingerprint density at radius 1 is 1.21 bits per heavy atom. The summed E-state index contributed by atoms with van der Waals surface area (Å²) in [6.07, 6.45) is 0. The molecule has 0 radical (unpaired) electrons. The van der Waals surface area contributed by atoms with Gasteiger partial charge >= 0.3 is 5.97 Å². The number of esters is 1. The molecule has 1 atom stereocenters. The number of nitrogens with two attached hydrogens (primary N) is 1. The minimum atomic E-state index is -0.794. The maximum absolute atomic E-state index is 12.8. The number of hydrogen-bond acceptors (Lipinski definition) is 7. The van der Waals surface area contributed by atoms with Crippen LogP contribution in [0, 0.1) is 18.3 Å². The molecule has 2 aromatic carbocycles. The highest BCUT2D eigenvalue weighted by Crippen LogP contribution is 2.45. The topological polar surface area (TPSA) is 104 Å². The molecule has 0 aliphatic carbocycles. The van der Waals surface area contributed by atoms with Crippen molar-refractivity contribution in [2.75, 3.05) is 13.7 Å². The van der Waals surface area contributed by atoms with Gasteiger partial charge in [0.2, 0.25) is 5.88 Å². The summed E-state index contributed by atoms with van der Waals surface area (Å²) in [5.41, 5.74) is 9.09. The molecule has 3 rings (SSSR count). The number of carbonyl (C=O) groups excluding carboxylic acids is 1. The number of ether oxygens (including phenoxy) is 4. The van der Waals surface area contributed by atoms with E-state index in [4.69, 9.17) is 24.7 Å². The third-order valence-corrected chi connectivity index (χ3v) is 5.90. The molecule has 172 valence electrons. The first-order valence-electron chi connectivity index (χ1n) is 10.3. The number of halogens is 1. The van der Waals surface area contributed by atoms with Gasteiger partial charge in [-0.2, -0.15) is 5.26 Å². The predicted molar refractivity (Wildman–Crippen MR) is 126 cm³/mol. The molecule has 2 N–H and O–H groups in total. The van der Waals surface area contributed by atoms with Gasteiger partial charge in [-0.25, -0.2) is 4.79 Å². The largest absolute Gasteiger partial charge is 0.493 e. The van der Waals surface area contributed by atoms with E-state index in [2.05, 4.69) is 22.0 Å². The summed E-state index contributed by atoms with van der Waals surface area (Å²) in [5, 5.41) is 9.80. The Morgan fingerprint density at radius 3 is 2.52 bits per heavy atom. The lowest BCUT2D eigenvalue weighted by Crippen LogP contribution is -2.25. The first kappa shape index (κ1) is 24.2. The molecule has 0 spiro atoms. The van der Waals surface area contributed by atoms with Crippen molar-refractivity contribution >= 4 is 21.9 Å². The second kappa shape index (κ2) is 10.5. The molecule has 0 amide bonds. The summed E-state index contributed by atoms with van der Waals surface area (Å²) in [4.78, 5) is 12.8. The molecule has 1 aliphatic heterocycles. The van der Waals surface area contributed by atoms with Crippen LogP contribution in [0.2, 0.25) is 0 Å². The maximum atomic E-state index is 12.8. The van der Waals surface area contributed by atoms with Gasteiger partial charge in [0.15, 0.2) is 11.5 Å². The van der Waals surface area contributed by atoms with Gasteiger partial charge in [0.1, 0.15) is 24.0 Å². The molecule has 33 heavy (non-hydrogen) atoms. The summed E-state index contributed by atoms with van der Waals surface area (Å²) < 4.78 is 22.9. The van der Waals surface area contributed by atoms with Crippen molar-refractivity contribution in [3.05, 3.63) is 80.3 Å². The van der Waals surface area contributed by atoms with Crippen molar-refractivity contribution in [1.82, 2.24) is 0 Å². The highest BCUT2D eigenvalue weighted by molar-refractivity contribution is 9.10. The Labute approximate surface area is 201 Å². The first-order chi connectivity index (χ1) is 15.8. The normalized spacial score (nSPS) is 15.6. The van der Waals surface area contributed by atoms with E-state index in [1.807, 2.05) is 31.2 Å². The van der Waals surface area contributed by atoms with E-state index >= 15 is 0 Å². The van der Waals surface area contributed by atoms with Crippen molar-refractivity contribution < 1.29 is 23.7 Å². The standard InChI is InChI=1S/C25H25BrN2O5/c1-5-31-25(29)22-15(3)33-24(28)18(12-27)23(22)17-10-20(30-4)21(11-19(17)26)32-13-16-8-6-14(2)7-9-16/h6-11,23H,5,13,28H2,1-4H3. The molecular weight excluding hydrogens is 488 g/mol. The SMILES string of the molecule is CCOC(=O)C1=C(C)OC(N)=C(C#N)C1c1cc(OC)c(OCc2ccc(C)cc2)cc1Br. The van der Waals surface area contributed by atoms with Gasteiger partial charge in [0.05, 0.1) is 25.2 Å². The number of methoxy groups -OCH3 is 1. The number of nitriles is 1. The highest BCUT2D eigenvalue weighted by atomic mass is 79.9. The third kappa shape index (κ3) is 5.15. The van der Waals surface area contributed by atoms with Crippen LogP contribution in [-0.4, -0.2) is 19.7 Å². The lowest BCUT2D eigenvalue weighted by molar-refractivity contribution is -0.139. The summed E-state index contributed by atoms with van der Waals surface area (Å²) in [6, 6.07) is 13.6. The lowest BCUT2D eigenvalue weighted by atomic mass is 9.83. The Morgan fingerprint density at radius 2 is 1.91 bits per heavy atom. The molecule has 0 bridgehead atoms. The Hall–Kier alpha value is -3.44. The second-order valence-corrected chi connectivity index (χ2v) is 8.27. The first-order valence-corrected chi connectivity index (χ1v) is 11.1. The molecule has 0 fully saturated rings. The summed E-state index contributed by atoms with van der Waals surface area (Å²) in [7, 11) is 1.53. The number of benzene rings is 2. The van der Waals surface area contributed by atoms with Crippen LogP contribution in [-0.2, 0) is 20.9 Å². The Bertz CT molecular complexity index is 1160. The fourth-order valence-electron chi connectivity index (χ4n) is 3.56. The highest BCUT2D eigenvalue weighted by Gasteiger charge is 2.37. The van der Waals surface area contributed by atoms with E-state index in [0.717, 1.165) is 5.56 Å². The number of aryl methyl sites for hydroxylation is 1. The molecule has 0 aromatic heterocycles. The average molecular weight is 513 g/mol. The van der Waals surface area contributed by atoms with Gasteiger partial charge in [-0.05, 0) is 44.0 Å². The smallest absolute Gasteiger partial charge is 0.338 e. The minimum Gasteiger partial charge on any atom is -0.493 e. The van der Waals surface area contributed by atoms with Crippen LogP contribution < -0.4 is 15.2 Å². The van der Waals surface area contributed by atoms with Gasteiger partial charge in [-0.1, -0.05) is 45.8 Å². The van der Waals surface area contributed by atoms with Crippen LogP contribution in [0.15, 0.2) is 63.7 Å². The zero-order chi connectivity index (χ0) is 24.1. The van der Waals surface area contributed by atoms with Gasteiger partial charge in [-0.3, -0.25) is 0 Å². The molecule has 2 aromatic rings. The summed E-state index contributed by atoms with van der Waals surface area (Å²) in [5.74, 6) is -0.194. The Kier molecular flexibility index (Phi) is 7.67. The maximum Gasteiger partial charge on any atom is 0.338 e. The fraction of sp³-hybridized carbons (Fsp3) is 0.280. The summed E-state index contributed by atoms with van der Waals surface area (Å²) in [6.45, 7) is 5.88. The minimum absolute atomic E-state index is 0.0568. The number of nitrogens with zero attached hydrogens (tertiary/aromatic N) is 1.